The van der Waals surface area contributed by atoms with Crippen molar-refractivity contribution in [3.05, 3.63) is 47.3 Å². The van der Waals surface area contributed by atoms with Gasteiger partial charge in [-0.3, -0.25) is 4.79 Å². The van der Waals surface area contributed by atoms with Crippen LogP contribution in [0.15, 0.2) is 35.9 Å². The highest BCUT2D eigenvalue weighted by atomic mass is 19.1. The maximum atomic E-state index is 13.6. The fraction of sp³-hybridized carbons (Fsp3) is 0.593. The Hall–Kier alpha value is -2.98. The molecule has 2 amide bonds. The Morgan fingerprint density at radius 3 is 2.72 bits per heavy atom. The lowest BCUT2D eigenvalue weighted by Crippen LogP contribution is -2.57. The number of nitrogens with zero attached hydrogens (tertiary/aromatic N) is 2. The average molecular weight is 544 g/mol. The second-order valence-electron chi connectivity index (χ2n) is 11.0. The minimum absolute atomic E-state index is 0.00881. The number of hydrogen-bond acceptors (Lipinski definition) is 8. The Kier molecular flexibility index (Phi) is 10.5. The first-order chi connectivity index (χ1) is 18.4. The molecule has 0 radical (unpaired) electrons. The van der Waals surface area contributed by atoms with Crippen molar-refractivity contribution in [1.29, 1.82) is 5.26 Å². The van der Waals surface area contributed by atoms with Crippen LogP contribution in [0.3, 0.4) is 0 Å². The standard InChI is InChI=1S/C27H38BFN4O6/c1-26(2,22-17-31-11-13-38-22)15-20(16-30)24(34)33-12-5-4-10-27(33,3)18-39-25(35)32-23(28(36)37)14-19-6-8-21(29)9-7-19/h6-9,15,22-23,31,36-37H,4-5,10-14,17-18H2,1-3H3,(H,32,35)/t22?,23?,27-/m1/s1. The molecule has 2 unspecified atom stereocenters. The first-order valence-electron chi connectivity index (χ1n) is 13.3. The van der Waals surface area contributed by atoms with Crippen molar-refractivity contribution in [2.45, 2.75) is 64.0 Å². The Balaban J connectivity index is 1.67. The van der Waals surface area contributed by atoms with E-state index in [2.05, 4.69) is 16.7 Å². The molecule has 1 aromatic carbocycles. The van der Waals surface area contributed by atoms with E-state index in [4.69, 9.17) is 9.47 Å². The van der Waals surface area contributed by atoms with Gasteiger partial charge < -0.3 is 35.1 Å². The lowest BCUT2D eigenvalue weighted by molar-refractivity contribution is -0.136. The topological polar surface area (TPSA) is 144 Å². The molecule has 0 spiro atoms. The molecule has 39 heavy (non-hydrogen) atoms. The van der Waals surface area contributed by atoms with E-state index < -0.39 is 41.8 Å². The number of morpholine rings is 1. The van der Waals surface area contributed by atoms with E-state index in [1.165, 1.54) is 24.3 Å². The lowest BCUT2D eigenvalue weighted by atomic mass is 9.76. The summed E-state index contributed by atoms with van der Waals surface area (Å²) in [4.78, 5) is 27.8. The molecule has 1 aromatic rings. The molecule has 0 aromatic heterocycles. The summed E-state index contributed by atoms with van der Waals surface area (Å²) in [7, 11) is -1.87. The van der Waals surface area contributed by atoms with Crippen LogP contribution in [0.5, 0.6) is 0 Å². The van der Waals surface area contributed by atoms with E-state index in [9.17, 15) is 29.3 Å². The number of nitrogens with one attached hydrogen (secondary N) is 2. The van der Waals surface area contributed by atoms with Gasteiger partial charge in [-0.2, -0.15) is 5.26 Å². The predicted molar refractivity (Wildman–Crippen MR) is 143 cm³/mol. The molecular formula is C27H38BFN4O6. The van der Waals surface area contributed by atoms with Gasteiger partial charge in [-0.15, -0.1) is 0 Å². The average Bonchev–Trinajstić information content (AvgIpc) is 2.92. The number of benzene rings is 1. The van der Waals surface area contributed by atoms with E-state index in [1.54, 1.807) is 11.0 Å². The van der Waals surface area contributed by atoms with Crippen molar-refractivity contribution in [2.24, 2.45) is 5.41 Å². The SMILES string of the molecule is CC(C)(C=C(C#N)C(=O)N1CCCC[C@]1(C)COC(=O)NC(Cc1ccc(F)cc1)B(O)O)C1CNCCO1. The predicted octanol–water partition coefficient (Wildman–Crippen LogP) is 1.71. The highest BCUT2D eigenvalue weighted by Gasteiger charge is 2.41. The fourth-order valence-corrected chi connectivity index (χ4v) is 4.99. The van der Waals surface area contributed by atoms with Crippen molar-refractivity contribution in [1.82, 2.24) is 15.5 Å². The van der Waals surface area contributed by atoms with Crippen LogP contribution in [0.4, 0.5) is 9.18 Å². The molecule has 2 saturated heterocycles. The van der Waals surface area contributed by atoms with Crippen LogP contribution in [-0.4, -0.2) is 84.5 Å². The summed E-state index contributed by atoms with van der Waals surface area (Å²) in [6.45, 7) is 7.85. The van der Waals surface area contributed by atoms with E-state index in [-0.39, 0.29) is 24.7 Å². The molecule has 4 N–H and O–H groups in total. The normalized spacial score (nSPS) is 22.9. The van der Waals surface area contributed by atoms with E-state index in [0.29, 0.717) is 31.7 Å². The Labute approximate surface area is 229 Å². The number of piperidine rings is 1. The Bertz CT molecular complexity index is 1070. The van der Waals surface area contributed by atoms with Crippen LogP contribution < -0.4 is 10.6 Å². The maximum absolute atomic E-state index is 13.6. The van der Waals surface area contributed by atoms with Crippen LogP contribution in [0.1, 0.15) is 45.6 Å². The molecule has 3 rings (SSSR count). The second kappa shape index (κ2) is 13.4. The summed E-state index contributed by atoms with van der Waals surface area (Å²) in [5.74, 6) is -1.95. The van der Waals surface area contributed by atoms with Gasteiger partial charge in [0.1, 0.15) is 24.1 Å². The molecule has 0 bridgehead atoms. The third-order valence-corrected chi connectivity index (χ3v) is 7.41. The molecule has 2 aliphatic heterocycles. The summed E-state index contributed by atoms with van der Waals surface area (Å²) in [6, 6.07) is 7.52. The second-order valence-corrected chi connectivity index (χ2v) is 11.0. The van der Waals surface area contributed by atoms with Gasteiger partial charge in [0.25, 0.3) is 5.91 Å². The number of alkyl carbamates (subject to hydrolysis) is 1. The van der Waals surface area contributed by atoms with Crippen LogP contribution in [-0.2, 0) is 20.7 Å². The summed E-state index contributed by atoms with van der Waals surface area (Å²) >= 11 is 0. The molecule has 10 nitrogen and oxygen atoms in total. The van der Waals surface area contributed by atoms with Crippen molar-refractivity contribution in [3.8, 4) is 6.07 Å². The number of hydrogen-bond donors (Lipinski definition) is 4. The zero-order valence-electron chi connectivity index (χ0n) is 22.8. The third-order valence-electron chi connectivity index (χ3n) is 7.41. The zero-order chi connectivity index (χ0) is 28.6. The van der Waals surface area contributed by atoms with Gasteiger partial charge in [0, 0.05) is 25.0 Å². The molecule has 2 fully saturated rings. The van der Waals surface area contributed by atoms with Gasteiger partial charge in [0.15, 0.2) is 0 Å². The summed E-state index contributed by atoms with van der Waals surface area (Å²) in [6.07, 6.45) is 2.76. The smallest absolute Gasteiger partial charge is 0.447 e. The minimum Gasteiger partial charge on any atom is -0.447 e. The van der Waals surface area contributed by atoms with Gasteiger partial charge in [-0.05, 0) is 50.3 Å². The molecule has 0 aliphatic carbocycles. The first-order valence-corrected chi connectivity index (χ1v) is 13.3. The summed E-state index contributed by atoms with van der Waals surface area (Å²) in [5, 5.41) is 35.1. The minimum atomic E-state index is -1.87. The van der Waals surface area contributed by atoms with Crippen molar-refractivity contribution >= 4 is 19.1 Å². The van der Waals surface area contributed by atoms with Crippen molar-refractivity contribution in [3.63, 3.8) is 0 Å². The maximum Gasteiger partial charge on any atom is 0.475 e. The van der Waals surface area contributed by atoms with Gasteiger partial charge in [-0.1, -0.05) is 32.1 Å². The number of nitriles is 1. The highest BCUT2D eigenvalue weighted by molar-refractivity contribution is 6.43. The number of rotatable bonds is 9. The zero-order valence-corrected chi connectivity index (χ0v) is 22.8. The molecule has 212 valence electrons. The third kappa shape index (κ3) is 8.26. The first kappa shape index (κ1) is 30.6. The van der Waals surface area contributed by atoms with Gasteiger partial charge in [-0.25, -0.2) is 9.18 Å². The number of likely N-dealkylation sites (tertiary alicyclic amines) is 1. The number of halogens is 1. The summed E-state index contributed by atoms with van der Waals surface area (Å²) < 4.78 is 24.5. The van der Waals surface area contributed by atoms with Gasteiger partial charge in [0.2, 0.25) is 0 Å². The lowest BCUT2D eigenvalue weighted by Gasteiger charge is -2.44. The van der Waals surface area contributed by atoms with Crippen LogP contribution >= 0.6 is 0 Å². The Morgan fingerprint density at radius 1 is 1.38 bits per heavy atom. The van der Waals surface area contributed by atoms with E-state index in [0.717, 1.165) is 19.4 Å². The van der Waals surface area contributed by atoms with E-state index in [1.807, 2.05) is 20.8 Å². The van der Waals surface area contributed by atoms with Crippen LogP contribution in [0.2, 0.25) is 0 Å². The number of ether oxygens (including phenoxy) is 2. The Morgan fingerprint density at radius 2 is 2.10 bits per heavy atom. The van der Waals surface area contributed by atoms with Crippen LogP contribution in [0.25, 0.3) is 0 Å². The molecule has 2 aliphatic rings. The monoisotopic (exact) mass is 544 g/mol. The number of amides is 2. The van der Waals surface area contributed by atoms with Crippen LogP contribution in [0, 0.1) is 22.6 Å². The van der Waals surface area contributed by atoms with Crippen molar-refractivity contribution in [2.75, 3.05) is 32.8 Å². The van der Waals surface area contributed by atoms with E-state index >= 15 is 0 Å². The molecule has 2 heterocycles. The van der Waals surface area contributed by atoms with Gasteiger partial charge in [0.05, 0.1) is 24.2 Å². The largest absolute Gasteiger partial charge is 0.475 e. The highest BCUT2D eigenvalue weighted by Crippen LogP contribution is 2.32. The van der Waals surface area contributed by atoms with Crippen molar-refractivity contribution < 1.29 is 33.5 Å². The molecule has 0 saturated carbocycles. The number of carbonyl (C=O) groups is 2. The molecular weight excluding hydrogens is 506 g/mol. The van der Waals surface area contributed by atoms with Gasteiger partial charge >= 0.3 is 13.2 Å². The fourth-order valence-electron chi connectivity index (χ4n) is 4.99. The molecule has 12 heteroatoms. The number of carbonyl (C=O) groups excluding carboxylic acids is 2. The quantitative estimate of drug-likeness (QED) is 0.209. The molecule has 3 atom stereocenters. The summed E-state index contributed by atoms with van der Waals surface area (Å²) in [5.41, 5.74) is -0.824.